The van der Waals surface area contributed by atoms with Crippen molar-refractivity contribution in [3.05, 3.63) is 29.8 Å². The molecule has 1 aliphatic carbocycles. The molecule has 3 rings (SSSR count). The number of carbonyl (C=O) groups excluding carboxylic acids is 1. The van der Waals surface area contributed by atoms with E-state index in [1.54, 1.807) is 0 Å². The fourth-order valence-corrected chi connectivity index (χ4v) is 3.07. The maximum atomic E-state index is 12.0. The number of nitrogens with one attached hydrogen (secondary N) is 1. The molecule has 2 atom stereocenters. The van der Waals surface area contributed by atoms with Crippen molar-refractivity contribution >= 4 is 6.09 Å². The second kappa shape index (κ2) is 7.65. The minimum Gasteiger partial charge on any atom is -0.493 e. The van der Waals surface area contributed by atoms with Crippen molar-refractivity contribution in [3.8, 4) is 5.75 Å². The summed E-state index contributed by atoms with van der Waals surface area (Å²) in [6.45, 7) is 7.34. The zero-order chi connectivity index (χ0) is 17.9. The maximum Gasteiger partial charge on any atom is 0.407 e. The van der Waals surface area contributed by atoms with Gasteiger partial charge in [-0.2, -0.15) is 0 Å². The molecule has 0 bridgehead atoms. The van der Waals surface area contributed by atoms with Crippen molar-refractivity contribution in [2.24, 2.45) is 5.92 Å². The molecule has 0 spiro atoms. The molecule has 1 aromatic rings. The van der Waals surface area contributed by atoms with E-state index in [0.29, 0.717) is 19.8 Å². The highest BCUT2D eigenvalue weighted by atomic mass is 16.6. The van der Waals surface area contributed by atoms with Crippen molar-refractivity contribution in [1.82, 2.24) is 5.32 Å². The normalized spacial score (nSPS) is 23.8. The molecule has 0 aromatic heterocycles. The number of hydrogen-bond acceptors (Lipinski definition) is 4. The summed E-state index contributed by atoms with van der Waals surface area (Å²) in [5.41, 5.74) is 0.905. The fraction of sp³-hybridized carbons (Fsp3) is 0.650. The Morgan fingerprint density at radius 1 is 1.20 bits per heavy atom. The van der Waals surface area contributed by atoms with Crippen molar-refractivity contribution in [2.45, 2.75) is 57.6 Å². The summed E-state index contributed by atoms with van der Waals surface area (Å²) in [6, 6.07) is 8.39. The van der Waals surface area contributed by atoms with Gasteiger partial charge in [0.2, 0.25) is 0 Å². The number of amides is 1. The molecule has 25 heavy (non-hydrogen) atoms. The summed E-state index contributed by atoms with van der Waals surface area (Å²) in [4.78, 5) is 12.0. The lowest BCUT2D eigenvalue weighted by Gasteiger charge is -2.32. The van der Waals surface area contributed by atoms with Crippen LogP contribution >= 0.6 is 0 Å². The number of carbonyl (C=O) groups is 1. The highest BCUT2D eigenvalue weighted by Gasteiger charge is 2.29. The van der Waals surface area contributed by atoms with E-state index in [9.17, 15) is 4.79 Å². The molecule has 1 heterocycles. The van der Waals surface area contributed by atoms with Gasteiger partial charge in [-0.05, 0) is 63.6 Å². The summed E-state index contributed by atoms with van der Waals surface area (Å²) in [5, 5.41) is 2.97. The van der Waals surface area contributed by atoms with E-state index in [2.05, 4.69) is 17.4 Å². The summed E-state index contributed by atoms with van der Waals surface area (Å²) in [6.07, 6.45) is 3.00. The van der Waals surface area contributed by atoms with E-state index in [-0.39, 0.29) is 18.1 Å². The van der Waals surface area contributed by atoms with Gasteiger partial charge in [0, 0.05) is 18.6 Å². The number of ether oxygens (including phenoxy) is 3. The Bertz CT molecular complexity index is 574. The molecule has 1 N–H and O–H groups in total. The lowest BCUT2D eigenvalue weighted by atomic mass is 9.97. The lowest BCUT2D eigenvalue weighted by Crippen LogP contribution is -2.48. The number of rotatable bonds is 5. The monoisotopic (exact) mass is 347 g/mol. The molecule has 0 unspecified atom stereocenters. The van der Waals surface area contributed by atoms with Crippen LogP contribution in [0, 0.1) is 5.92 Å². The predicted molar refractivity (Wildman–Crippen MR) is 96.0 cm³/mol. The van der Waals surface area contributed by atoms with E-state index in [1.165, 1.54) is 18.4 Å². The van der Waals surface area contributed by atoms with Gasteiger partial charge >= 0.3 is 6.09 Å². The molecule has 1 aliphatic heterocycles. The van der Waals surface area contributed by atoms with Gasteiger partial charge in [-0.15, -0.1) is 0 Å². The summed E-state index contributed by atoms with van der Waals surface area (Å²) >= 11 is 0. The van der Waals surface area contributed by atoms with Gasteiger partial charge < -0.3 is 19.5 Å². The van der Waals surface area contributed by atoms with Gasteiger partial charge in [0.15, 0.2) is 0 Å². The molecule has 2 fully saturated rings. The van der Waals surface area contributed by atoms with Gasteiger partial charge in [0.1, 0.15) is 11.4 Å². The van der Waals surface area contributed by atoms with Gasteiger partial charge in [-0.1, -0.05) is 12.1 Å². The Balaban J connectivity index is 1.51. The Hall–Kier alpha value is -1.75. The van der Waals surface area contributed by atoms with Gasteiger partial charge in [-0.3, -0.25) is 0 Å². The molecule has 2 aliphatic rings. The third-order valence-electron chi connectivity index (χ3n) is 4.57. The SMILES string of the molecule is CC(C)(C)OC(=O)N[C@H]1CCOC[C@@H]1COc1ccc(C2CC2)cc1. The van der Waals surface area contributed by atoms with Crippen molar-refractivity contribution in [3.63, 3.8) is 0 Å². The number of hydrogen-bond donors (Lipinski definition) is 1. The van der Waals surface area contributed by atoms with E-state index < -0.39 is 5.60 Å². The Morgan fingerprint density at radius 2 is 1.92 bits per heavy atom. The van der Waals surface area contributed by atoms with E-state index in [0.717, 1.165) is 18.1 Å². The second-order valence-electron chi connectivity index (χ2n) is 8.03. The molecule has 5 heteroatoms. The molecular weight excluding hydrogens is 318 g/mol. The minimum absolute atomic E-state index is 0.00865. The molecular formula is C20H29NO4. The minimum atomic E-state index is -0.495. The van der Waals surface area contributed by atoms with Crippen LogP contribution in [0.4, 0.5) is 4.79 Å². The van der Waals surface area contributed by atoms with Gasteiger partial charge in [0.25, 0.3) is 0 Å². The molecule has 1 aromatic carbocycles. The zero-order valence-corrected chi connectivity index (χ0v) is 15.4. The van der Waals surface area contributed by atoms with Crippen LogP contribution in [-0.2, 0) is 9.47 Å². The largest absolute Gasteiger partial charge is 0.493 e. The van der Waals surface area contributed by atoms with Crippen molar-refractivity contribution in [2.75, 3.05) is 19.8 Å². The topological polar surface area (TPSA) is 56.8 Å². The average molecular weight is 347 g/mol. The molecule has 1 amide bonds. The van der Waals surface area contributed by atoms with Crippen LogP contribution in [0.3, 0.4) is 0 Å². The van der Waals surface area contributed by atoms with Crippen LogP contribution in [0.5, 0.6) is 5.75 Å². The summed E-state index contributed by atoms with van der Waals surface area (Å²) in [7, 11) is 0. The molecule has 138 valence electrons. The Morgan fingerprint density at radius 3 is 2.56 bits per heavy atom. The third kappa shape index (κ3) is 5.63. The van der Waals surface area contributed by atoms with E-state index in [4.69, 9.17) is 14.2 Å². The summed E-state index contributed by atoms with van der Waals surface area (Å²) in [5.74, 6) is 1.73. The van der Waals surface area contributed by atoms with Crippen LogP contribution in [0.2, 0.25) is 0 Å². The quantitative estimate of drug-likeness (QED) is 0.878. The zero-order valence-electron chi connectivity index (χ0n) is 15.4. The first-order valence-corrected chi connectivity index (χ1v) is 9.21. The van der Waals surface area contributed by atoms with Crippen molar-refractivity contribution < 1.29 is 19.0 Å². The van der Waals surface area contributed by atoms with Crippen LogP contribution < -0.4 is 10.1 Å². The second-order valence-corrected chi connectivity index (χ2v) is 8.03. The molecule has 5 nitrogen and oxygen atoms in total. The number of alkyl carbamates (subject to hydrolysis) is 1. The van der Waals surface area contributed by atoms with Gasteiger partial charge in [-0.25, -0.2) is 4.79 Å². The molecule has 1 saturated carbocycles. The van der Waals surface area contributed by atoms with E-state index >= 15 is 0 Å². The highest BCUT2D eigenvalue weighted by Crippen LogP contribution is 2.40. The average Bonchev–Trinajstić information content (AvgIpc) is 3.38. The highest BCUT2D eigenvalue weighted by molar-refractivity contribution is 5.68. The third-order valence-corrected chi connectivity index (χ3v) is 4.57. The van der Waals surface area contributed by atoms with Crippen LogP contribution in [0.1, 0.15) is 51.5 Å². The van der Waals surface area contributed by atoms with Gasteiger partial charge in [0.05, 0.1) is 13.2 Å². The number of benzene rings is 1. The fourth-order valence-electron chi connectivity index (χ4n) is 3.07. The lowest BCUT2D eigenvalue weighted by molar-refractivity contribution is 0.00439. The van der Waals surface area contributed by atoms with Crippen molar-refractivity contribution in [1.29, 1.82) is 0 Å². The van der Waals surface area contributed by atoms with E-state index in [1.807, 2.05) is 32.9 Å². The Labute approximate surface area is 150 Å². The smallest absolute Gasteiger partial charge is 0.407 e. The van der Waals surface area contributed by atoms with Crippen LogP contribution in [-0.4, -0.2) is 37.6 Å². The molecule has 0 radical (unpaired) electrons. The first-order chi connectivity index (χ1) is 11.9. The Kier molecular flexibility index (Phi) is 5.52. The molecule has 1 saturated heterocycles. The predicted octanol–water partition coefficient (Wildman–Crippen LogP) is 3.87. The maximum absolute atomic E-state index is 12.0. The first-order valence-electron chi connectivity index (χ1n) is 9.21. The summed E-state index contributed by atoms with van der Waals surface area (Å²) < 4.78 is 16.9. The van der Waals surface area contributed by atoms with Crippen LogP contribution in [0.15, 0.2) is 24.3 Å². The first kappa shape index (κ1) is 18.1. The van der Waals surface area contributed by atoms with Crippen LogP contribution in [0.25, 0.3) is 0 Å². The standard InChI is InChI=1S/C20H29NO4/c1-20(2,3)25-19(22)21-18-10-11-23-12-16(18)13-24-17-8-6-15(7-9-17)14-4-5-14/h6-9,14,16,18H,4-5,10-13H2,1-3H3,(H,21,22)/t16-,18+/m1/s1.